The maximum Gasteiger partial charge on any atom is 0.305 e. The van der Waals surface area contributed by atoms with E-state index >= 15 is 0 Å². The molecule has 0 aliphatic rings. The van der Waals surface area contributed by atoms with Crippen molar-refractivity contribution in [2.45, 2.75) is 46.1 Å². The minimum Gasteiger partial charge on any atom is -0.481 e. The van der Waals surface area contributed by atoms with E-state index in [1.807, 2.05) is 25.1 Å². The highest BCUT2D eigenvalue weighted by Gasteiger charge is 2.16. The number of carbonyl (C=O) groups excluding carboxylic acids is 1. The van der Waals surface area contributed by atoms with Crippen molar-refractivity contribution in [1.29, 1.82) is 0 Å². The Kier molecular flexibility index (Phi) is 6.21. The third-order valence-electron chi connectivity index (χ3n) is 3.19. The summed E-state index contributed by atoms with van der Waals surface area (Å²) >= 11 is 0. The lowest BCUT2D eigenvalue weighted by Gasteiger charge is -2.17. The lowest BCUT2D eigenvalue weighted by molar-refractivity contribution is -0.137. The normalized spacial score (nSPS) is 12.0. The summed E-state index contributed by atoms with van der Waals surface area (Å²) in [7, 11) is 0. The van der Waals surface area contributed by atoms with Crippen molar-refractivity contribution < 1.29 is 19.4 Å². The zero-order valence-corrected chi connectivity index (χ0v) is 13.0. The Hall–Kier alpha value is -2.04. The summed E-state index contributed by atoms with van der Waals surface area (Å²) in [5.74, 6) is -0.190. The van der Waals surface area contributed by atoms with Crippen LogP contribution in [0.2, 0.25) is 0 Å². The van der Waals surface area contributed by atoms with E-state index in [0.29, 0.717) is 11.7 Å². The van der Waals surface area contributed by atoms with Gasteiger partial charge >= 0.3 is 5.97 Å². The Morgan fingerprint density at radius 3 is 2.52 bits per heavy atom. The molecule has 1 aromatic carbocycles. The Morgan fingerprint density at radius 2 is 1.95 bits per heavy atom. The van der Waals surface area contributed by atoms with Crippen molar-refractivity contribution in [2.75, 3.05) is 6.54 Å². The molecular weight excluding hydrogens is 270 g/mol. The van der Waals surface area contributed by atoms with Crippen molar-refractivity contribution in [3.8, 4) is 5.75 Å². The molecule has 0 aromatic heterocycles. The number of carboxylic acids is 1. The molecule has 116 valence electrons. The molecule has 0 saturated carbocycles. The lowest BCUT2D eigenvalue weighted by atomic mass is 10.0. The molecule has 0 aliphatic heterocycles. The summed E-state index contributed by atoms with van der Waals surface area (Å²) < 4.78 is 5.70. The molecule has 0 spiro atoms. The van der Waals surface area contributed by atoms with Gasteiger partial charge in [-0.1, -0.05) is 26.0 Å². The van der Waals surface area contributed by atoms with Crippen LogP contribution in [0.5, 0.6) is 5.75 Å². The molecular formula is C16H23NO4. The summed E-state index contributed by atoms with van der Waals surface area (Å²) in [5, 5.41) is 11.1. The van der Waals surface area contributed by atoms with Crippen molar-refractivity contribution in [3.63, 3.8) is 0 Å². The van der Waals surface area contributed by atoms with Crippen LogP contribution in [0, 0.1) is 6.92 Å². The Labute approximate surface area is 125 Å². The molecule has 5 nitrogen and oxygen atoms in total. The Morgan fingerprint density at radius 1 is 1.29 bits per heavy atom. The van der Waals surface area contributed by atoms with Gasteiger partial charge in [-0.3, -0.25) is 9.59 Å². The highest BCUT2D eigenvalue weighted by atomic mass is 16.5. The Balaban J connectivity index is 2.65. The van der Waals surface area contributed by atoms with Crippen LogP contribution in [0.15, 0.2) is 18.2 Å². The van der Waals surface area contributed by atoms with E-state index in [-0.39, 0.29) is 18.9 Å². The second kappa shape index (κ2) is 7.67. The number of benzene rings is 1. The smallest absolute Gasteiger partial charge is 0.305 e. The molecule has 1 atom stereocenters. The number of aryl methyl sites for hydroxylation is 1. The van der Waals surface area contributed by atoms with E-state index in [1.165, 1.54) is 0 Å². The molecule has 21 heavy (non-hydrogen) atoms. The average molecular weight is 293 g/mol. The average Bonchev–Trinajstić information content (AvgIpc) is 2.40. The van der Waals surface area contributed by atoms with E-state index in [2.05, 4.69) is 19.2 Å². The van der Waals surface area contributed by atoms with Crippen molar-refractivity contribution in [2.24, 2.45) is 0 Å². The molecule has 1 unspecified atom stereocenters. The van der Waals surface area contributed by atoms with Gasteiger partial charge in [0.2, 0.25) is 0 Å². The van der Waals surface area contributed by atoms with Gasteiger partial charge in [0.15, 0.2) is 6.10 Å². The van der Waals surface area contributed by atoms with Crippen LogP contribution in [0.3, 0.4) is 0 Å². The molecule has 1 amide bonds. The second-order valence-electron chi connectivity index (χ2n) is 5.37. The van der Waals surface area contributed by atoms with Gasteiger partial charge in [-0.2, -0.15) is 0 Å². The number of carbonyl (C=O) groups is 2. The topological polar surface area (TPSA) is 75.6 Å². The van der Waals surface area contributed by atoms with Gasteiger partial charge in [0, 0.05) is 6.54 Å². The summed E-state index contributed by atoms with van der Waals surface area (Å²) in [6.07, 6.45) is -0.764. The van der Waals surface area contributed by atoms with Gasteiger partial charge < -0.3 is 15.2 Å². The van der Waals surface area contributed by atoms with Crippen molar-refractivity contribution in [3.05, 3.63) is 29.3 Å². The van der Waals surface area contributed by atoms with E-state index in [1.54, 1.807) is 6.92 Å². The maximum atomic E-state index is 11.8. The van der Waals surface area contributed by atoms with Gasteiger partial charge in [0.1, 0.15) is 5.75 Å². The SMILES string of the molecule is Cc1ccc(C(C)C)cc1OC(C)C(=O)NCCC(=O)O. The summed E-state index contributed by atoms with van der Waals surface area (Å²) in [4.78, 5) is 22.2. The molecule has 1 rings (SSSR count). The predicted octanol–water partition coefficient (Wildman–Crippen LogP) is 2.48. The molecule has 1 aromatic rings. The summed E-state index contributed by atoms with van der Waals surface area (Å²) in [6.45, 7) is 7.87. The van der Waals surface area contributed by atoms with Gasteiger partial charge in [0.05, 0.1) is 6.42 Å². The summed E-state index contributed by atoms with van der Waals surface area (Å²) in [5.41, 5.74) is 2.11. The first-order valence-electron chi connectivity index (χ1n) is 7.08. The molecule has 0 fully saturated rings. The van der Waals surface area contributed by atoms with Gasteiger partial charge in [-0.15, -0.1) is 0 Å². The zero-order chi connectivity index (χ0) is 16.0. The minimum atomic E-state index is -0.940. The monoisotopic (exact) mass is 293 g/mol. The maximum absolute atomic E-state index is 11.8. The van der Waals surface area contributed by atoms with Crippen LogP contribution in [0.4, 0.5) is 0 Å². The fraction of sp³-hybridized carbons (Fsp3) is 0.500. The van der Waals surface area contributed by atoms with E-state index in [4.69, 9.17) is 9.84 Å². The first-order chi connectivity index (χ1) is 9.81. The molecule has 0 heterocycles. The van der Waals surface area contributed by atoms with Crippen LogP contribution in [-0.2, 0) is 9.59 Å². The fourth-order valence-electron chi connectivity index (χ4n) is 1.78. The zero-order valence-electron chi connectivity index (χ0n) is 13.0. The molecule has 0 bridgehead atoms. The van der Waals surface area contributed by atoms with E-state index in [0.717, 1.165) is 11.1 Å². The number of nitrogens with one attached hydrogen (secondary N) is 1. The van der Waals surface area contributed by atoms with Crippen LogP contribution in [-0.4, -0.2) is 29.6 Å². The number of rotatable bonds is 7. The van der Waals surface area contributed by atoms with Gasteiger partial charge in [-0.25, -0.2) is 0 Å². The highest BCUT2D eigenvalue weighted by molar-refractivity contribution is 5.81. The molecule has 0 saturated heterocycles. The number of ether oxygens (including phenoxy) is 1. The number of hydrogen-bond acceptors (Lipinski definition) is 3. The molecule has 0 aliphatic carbocycles. The van der Waals surface area contributed by atoms with E-state index < -0.39 is 12.1 Å². The largest absolute Gasteiger partial charge is 0.481 e. The molecule has 2 N–H and O–H groups in total. The first-order valence-corrected chi connectivity index (χ1v) is 7.08. The highest BCUT2D eigenvalue weighted by Crippen LogP contribution is 2.25. The minimum absolute atomic E-state index is 0.0969. The molecule has 5 heteroatoms. The second-order valence-corrected chi connectivity index (χ2v) is 5.37. The predicted molar refractivity (Wildman–Crippen MR) is 80.6 cm³/mol. The number of hydrogen-bond donors (Lipinski definition) is 2. The van der Waals surface area contributed by atoms with Crippen LogP contribution in [0.1, 0.15) is 44.2 Å². The summed E-state index contributed by atoms with van der Waals surface area (Å²) in [6, 6.07) is 5.96. The number of amides is 1. The quantitative estimate of drug-likeness (QED) is 0.810. The van der Waals surface area contributed by atoms with Crippen LogP contribution in [0.25, 0.3) is 0 Å². The fourth-order valence-corrected chi connectivity index (χ4v) is 1.78. The Bertz CT molecular complexity index is 511. The standard InChI is InChI=1S/C16H23NO4/c1-10(2)13-6-5-11(3)14(9-13)21-12(4)16(20)17-8-7-15(18)19/h5-6,9-10,12H,7-8H2,1-4H3,(H,17,20)(H,18,19). The van der Waals surface area contributed by atoms with Crippen molar-refractivity contribution in [1.82, 2.24) is 5.32 Å². The van der Waals surface area contributed by atoms with E-state index in [9.17, 15) is 9.59 Å². The molecule has 0 radical (unpaired) electrons. The number of aliphatic carboxylic acids is 1. The third-order valence-corrected chi connectivity index (χ3v) is 3.19. The third kappa shape index (κ3) is 5.45. The van der Waals surface area contributed by atoms with Crippen LogP contribution >= 0.6 is 0 Å². The lowest BCUT2D eigenvalue weighted by Crippen LogP contribution is -2.37. The van der Waals surface area contributed by atoms with Gasteiger partial charge in [-0.05, 0) is 37.0 Å². The first kappa shape index (κ1) is 17.0. The van der Waals surface area contributed by atoms with Gasteiger partial charge in [0.25, 0.3) is 5.91 Å². The number of carboxylic acid groups (broad SMARTS) is 1. The van der Waals surface area contributed by atoms with Crippen LogP contribution < -0.4 is 10.1 Å². The van der Waals surface area contributed by atoms with Crippen molar-refractivity contribution >= 4 is 11.9 Å².